The fraction of sp³-hybridized carbons (Fsp3) is 0.355. The van der Waals surface area contributed by atoms with Gasteiger partial charge in [-0.3, -0.25) is 9.59 Å². The Morgan fingerprint density at radius 2 is 1.58 bits per heavy atom. The lowest BCUT2D eigenvalue weighted by Gasteiger charge is -2.32. The molecule has 0 radical (unpaired) electrons. The van der Waals surface area contributed by atoms with Crippen molar-refractivity contribution in [1.82, 2.24) is 10.2 Å². The van der Waals surface area contributed by atoms with Crippen molar-refractivity contribution in [3.05, 3.63) is 93.5 Å². The number of nitrogens with one attached hydrogen (secondary N) is 1. The summed E-state index contributed by atoms with van der Waals surface area (Å²) in [5.41, 5.74) is 3.88. The van der Waals surface area contributed by atoms with Gasteiger partial charge in [-0.1, -0.05) is 72.2 Å². The summed E-state index contributed by atoms with van der Waals surface area (Å²) >= 11 is 3.57. The number of carbonyl (C=O) groups excluding carboxylic acids is 2. The number of rotatable bonds is 12. The molecule has 3 rings (SSSR count). The second-order valence-electron chi connectivity index (χ2n) is 9.88. The minimum atomic E-state index is -0.716. The van der Waals surface area contributed by atoms with E-state index in [0.717, 1.165) is 26.7 Å². The van der Waals surface area contributed by atoms with Crippen LogP contribution >= 0.6 is 15.9 Å². The van der Waals surface area contributed by atoms with E-state index in [1.165, 1.54) is 0 Å². The first kappa shape index (κ1) is 29.2. The van der Waals surface area contributed by atoms with Gasteiger partial charge in [0.2, 0.25) is 5.91 Å². The molecule has 0 aliphatic carbocycles. The van der Waals surface area contributed by atoms with Crippen molar-refractivity contribution < 1.29 is 19.1 Å². The monoisotopic (exact) mass is 580 g/mol. The zero-order valence-electron chi connectivity index (χ0n) is 22.8. The van der Waals surface area contributed by atoms with Gasteiger partial charge in [0.05, 0.1) is 7.11 Å². The van der Waals surface area contributed by atoms with E-state index in [2.05, 4.69) is 21.2 Å². The average Bonchev–Trinajstić information content (AvgIpc) is 2.91. The first-order valence-corrected chi connectivity index (χ1v) is 13.6. The molecule has 0 aliphatic heterocycles. The van der Waals surface area contributed by atoms with Gasteiger partial charge in [0.15, 0.2) is 6.61 Å². The number of hydrogen-bond acceptors (Lipinski definition) is 4. The van der Waals surface area contributed by atoms with E-state index in [1.54, 1.807) is 12.0 Å². The highest BCUT2D eigenvalue weighted by molar-refractivity contribution is 9.10. The van der Waals surface area contributed by atoms with E-state index in [0.29, 0.717) is 24.5 Å². The van der Waals surface area contributed by atoms with Crippen LogP contribution in [-0.4, -0.2) is 43.0 Å². The number of ether oxygens (including phenoxy) is 2. The third kappa shape index (κ3) is 8.35. The normalized spacial score (nSPS) is 11.7. The summed E-state index contributed by atoms with van der Waals surface area (Å²) < 4.78 is 12.4. The molecule has 6 nitrogen and oxygen atoms in total. The lowest BCUT2D eigenvalue weighted by molar-refractivity contribution is -0.142. The highest BCUT2D eigenvalue weighted by Gasteiger charge is 2.31. The molecule has 0 aliphatic rings. The standard InChI is InChI=1S/C31H37BrN2O4/c1-21(2)18-33-31(36)28(17-24-10-7-6-8-11-24)34(19-25-12-9-13-26(16-25)37-5)29(35)20-38-27-14-22(3)30(32)23(4)15-27/h6-16,21,28H,17-20H2,1-5H3,(H,33,36)/t28-/m1/s1. The summed E-state index contributed by atoms with van der Waals surface area (Å²) in [6, 6.07) is 20.4. The number of nitrogens with zero attached hydrogens (tertiary/aromatic N) is 1. The van der Waals surface area contributed by atoms with E-state index in [9.17, 15) is 9.59 Å². The lowest BCUT2D eigenvalue weighted by atomic mass is 10.0. The molecular weight excluding hydrogens is 544 g/mol. The molecule has 38 heavy (non-hydrogen) atoms. The number of aryl methyl sites for hydroxylation is 2. The number of methoxy groups -OCH3 is 1. The van der Waals surface area contributed by atoms with Crippen LogP contribution in [-0.2, 0) is 22.6 Å². The van der Waals surface area contributed by atoms with Gasteiger partial charge in [0, 0.05) is 24.0 Å². The third-order valence-electron chi connectivity index (χ3n) is 6.21. The summed E-state index contributed by atoms with van der Waals surface area (Å²) in [6.45, 7) is 8.63. The summed E-state index contributed by atoms with van der Waals surface area (Å²) in [6.07, 6.45) is 0.386. The van der Waals surface area contributed by atoms with Crippen molar-refractivity contribution in [2.75, 3.05) is 20.3 Å². The van der Waals surface area contributed by atoms with Gasteiger partial charge in [-0.15, -0.1) is 0 Å². The molecule has 1 atom stereocenters. The quantitative estimate of drug-likeness (QED) is 0.291. The Balaban J connectivity index is 1.93. The number of amides is 2. The molecule has 3 aromatic carbocycles. The van der Waals surface area contributed by atoms with Crippen LogP contribution in [0.2, 0.25) is 0 Å². The van der Waals surface area contributed by atoms with E-state index < -0.39 is 6.04 Å². The Labute approximate surface area is 234 Å². The average molecular weight is 582 g/mol. The molecule has 0 aromatic heterocycles. The van der Waals surface area contributed by atoms with E-state index in [-0.39, 0.29) is 30.9 Å². The van der Waals surface area contributed by atoms with Crippen molar-refractivity contribution in [3.8, 4) is 11.5 Å². The van der Waals surface area contributed by atoms with Crippen LogP contribution in [0.4, 0.5) is 0 Å². The van der Waals surface area contributed by atoms with E-state index >= 15 is 0 Å². The summed E-state index contributed by atoms with van der Waals surface area (Å²) in [5.74, 6) is 1.13. The second-order valence-corrected chi connectivity index (χ2v) is 10.7. The number of hydrogen-bond donors (Lipinski definition) is 1. The minimum Gasteiger partial charge on any atom is -0.497 e. The molecule has 0 saturated carbocycles. The van der Waals surface area contributed by atoms with Crippen LogP contribution in [0.15, 0.2) is 71.2 Å². The molecule has 3 aromatic rings. The van der Waals surface area contributed by atoms with Crippen LogP contribution in [0.1, 0.15) is 36.1 Å². The number of halogens is 1. The van der Waals surface area contributed by atoms with Crippen molar-refractivity contribution in [1.29, 1.82) is 0 Å². The summed E-state index contributed by atoms with van der Waals surface area (Å²) in [7, 11) is 1.61. The molecule has 0 heterocycles. The van der Waals surface area contributed by atoms with Gasteiger partial charge in [0.25, 0.3) is 5.91 Å². The highest BCUT2D eigenvalue weighted by Crippen LogP contribution is 2.26. The van der Waals surface area contributed by atoms with Gasteiger partial charge in [-0.25, -0.2) is 0 Å². The highest BCUT2D eigenvalue weighted by atomic mass is 79.9. The molecule has 0 spiro atoms. The minimum absolute atomic E-state index is 0.186. The molecule has 0 fully saturated rings. The van der Waals surface area contributed by atoms with Crippen LogP contribution in [0, 0.1) is 19.8 Å². The maximum absolute atomic E-state index is 13.8. The van der Waals surface area contributed by atoms with Crippen LogP contribution in [0.5, 0.6) is 11.5 Å². The van der Waals surface area contributed by atoms with Crippen molar-refractivity contribution in [3.63, 3.8) is 0 Å². The van der Waals surface area contributed by atoms with Gasteiger partial charge >= 0.3 is 0 Å². The first-order chi connectivity index (χ1) is 18.2. The summed E-state index contributed by atoms with van der Waals surface area (Å²) in [5, 5.41) is 3.04. The lowest BCUT2D eigenvalue weighted by Crippen LogP contribution is -2.52. The Kier molecular flexibility index (Phi) is 10.8. The van der Waals surface area contributed by atoms with Gasteiger partial charge in [0.1, 0.15) is 17.5 Å². The maximum Gasteiger partial charge on any atom is 0.261 e. The predicted octanol–water partition coefficient (Wildman–Crippen LogP) is 5.87. The molecule has 2 amide bonds. The molecule has 1 N–H and O–H groups in total. The van der Waals surface area contributed by atoms with Crippen molar-refractivity contribution >= 4 is 27.7 Å². The predicted molar refractivity (Wildman–Crippen MR) is 154 cm³/mol. The smallest absolute Gasteiger partial charge is 0.261 e. The number of carbonyl (C=O) groups is 2. The van der Waals surface area contributed by atoms with Gasteiger partial charge < -0.3 is 19.7 Å². The van der Waals surface area contributed by atoms with Gasteiger partial charge in [-0.2, -0.15) is 0 Å². The molecule has 202 valence electrons. The van der Waals surface area contributed by atoms with Crippen molar-refractivity contribution in [2.24, 2.45) is 5.92 Å². The Morgan fingerprint density at radius 3 is 2.21 bits per heavy atom. The van der Waals surface area contributed by atoms with Crippen LogP contribution < -0.4 is 14.8 Å². The van der Waals surface area contributed by atoms with Crippen LogP contribution in [0.25, 0.3) is 0 Å². The largest absolute Gasteiger partial charge is 0.497 e. The molecule has 0 bridgehead atoms. The van der Waals surface area contributed by atoms with E-state index in [4.69, 9.17) is 9.47 Å². The first-order valence-electron chi connectivity index (χ1n) is 12.8. The van der Waals surface area contributed by atoms with E-state index in [1.807, 2.05) is 94.4 Å². The zero-order chi connectivity index (χ0) is 27.7. The van der Waals surface area contributed by atoms with Crippen LogP contribution in [0.3, 0.4) is 0 Å². The maximum atomic E-state index is 13.8. The molecular formula is C31H37BrN2O4. The topological polar surface area (TPSA) is 67.9 Å². The molecule has 0 saturated heterocycles. The summed E-state index contributed by atoms with van der Waals surface area (Å²) in [4.78, 5) is 28.9. The second kappa shape index (κ2) is 14.0. The van der Waals surface area contributed by atoms with Gasteiger partial charge in [-0.05, 0) is 66.3 Å². The Hall–Kier alpha value is -3.32. The third-order valence-corrected chi connectivity index (χ3v) is 7.47. The molecule has 0 unspecified atom stereocenters. The zero-order valence-corrected chi connectivity index (χ0v) is 24.4. The molecule has 7 heteroatoms. The Bertz CT molecular complexity index is 1210. The SMILES string of the molecule is COc1cccc(CN(C(=O)COc2cc(C)c(Br)c(C)c2)[C@H](Cc2ccccc2)C(=O)NCC(C)C)c1. The Morgan fingerprint density at radius 1 is 0.921 bits per heavy atom. The fourth-order valence-corrected chi connectivity index (χ4v) is 4.39. The fourth-order valence-electron chi connectivity index (χ4n) is 4.16. The van der Waals surface area contributed by atoms with Crippen molar-refractivity contribution in [2.45, 2.75) is 46.7 Å². The number of benzene rings is 3.